The molecule has 0 bridgehead atoms. The Morgan fingerprint density at radius 2 is 0.479 bits per heavy atom. The van der Waals surface area contributed by atoms with Gasteiger partial charge in [0.05, 0.1) is 88.7 Å². The minimum atomic E-state index is -4.78. The zero-order valence-electron chi connectivity index (χ0n) is 51.1. The van der Waals surface area contributed by atoms with E-state index in [1.54, 1.807) is 12.1 Å². The summed E-state index contributed by atoms with van der Waals surface area (Å²) in [5.41, 5.74) is 15.2. The molecule has 0 amide bonds. The Morgan fingerprint density at radius 3 is 0.760 bits per heavy atom. The molecule has 0 radical (unpaired) electrons. The number of alkyl halides is 3. The van der Waals surface area contributed by atoms with Crippen LogP contribution < -0.4 is 0 Å². The van der Waals surface area contributed by atoms with Gasteiger partial charge in [0.15, 0.2) is 0 Å². The standard InChI is InChI=1S/C86H50F3N7/c87-86(88,89)71-28-10-1-19-57(71)70-50-80(95-82-46-53(91-72-29-11-2-20-58(72)59-21-3-12-30-73(59)91)37-41-66(82)67-42-38-54(47-83(67)95)92-74-31-13-4-22-60(74)61-23-5-14-32-75(61)92)52(51-90)45-81(70)96-84-48-55(93-76-33-15-6-24-62(76)63-25-7-16-34-77(63)93)39-43-68(84)69-44-40-56(49-85(69)96)94-78-35-17-8-26-64(78)65-27-9-18-36-79(65)94/h1-50H. The van der Waals surface area contributed by atoms with Crippen LogP contribution in [0.25, 0.3) is 176 Å². The van der Waals surface area contributed by atoms with Gasteiger partial charge in [0.1, 0.15) is 6.07 Å². The lowest BCUT2D eigenvalue weighted by atomic mass is 9.95. The zero-order chi connectivity index (χ0) is 63.7. The molecule has 10 heteroatoms. The molecule has 0 aliphatic heterocycles. The summed E-state index contributed by atoms with van der Waals surface area (Å²) in [6.07, 6.45) is -4.78. The van der Waals surface area contributed by atoms with E-state index >= 15 is 13.2 Å². The molecule has 0 saturated carbocycles. The van der Waals surface area contributed by atoms with Crippen LogP contribution >= 0.6 is 0 Å². The van der Waals surface area contributed by atoms with Crippen LogP contribution in [0.1, 0.15) is 11.1 Å². The highest BCUT2D eigenvalue weighted by molar-refractivity contribution is 6.17. The van der Waals surface area contributed by atoms with Crippen molar-refractivity contribution in [2.24, 2.45) is 0 Å². The van der Waals surface area contributed by atoms with Gasteiger partial charge in [0.2, 0.25) is 0 Å². The monoisotopic (exact) mass is 1240 g/mol. The number of aromatic nitrogens is 6. The number of hydrogen-bond acceptors (Lipinski definition) is 1. The summed E-state index contributed by atoms with van der Waals surface area (Å²) in [4.78, 5) is 0. The highest BCUT2D eigenvalue weighted by Crippen LogP contribution is 2.48. The lowest BCUT2D eigenvalue weighted by molar-refractivity contribution is -0.137. The van der Waals surface area contributed by atoms with Crippen LogP contribution in [0.3, 0.4) is 0 Å². The maximum Gasteiger partial charge on any atom is 0.417 e. The first-order chi connectivity index (χ1) is 47.3. The topological polar surface area (TPSA) is 53.4 Å². The number of halogens is 3. The fraction of sp³-hybridized carbons (Fsp3) is 0.0116. The average molecular weight is 1240 g/mol. The first-order valence-electron chi connectivity index (χ1n) is 32.1. The molecule has 96 heavy (non-hydrogen) atoms. The highest BCUT2D eigenvalue weighted by Gasteiger charge is 2.35. The van der Waals surface area contributed by atoms with E-state index in [0.717, 1.165) is 154 Å². The van der Waals surface area contributed by atoms with Crippen molar-refractivity contribution < 1.29 is 13.2 Å². The Kier molecular flexibility index (Phi) is 11.3. The van der Waals surface area contributed by atoms with Crippen molar-refractivity contribution in [3.05, 3.63) is 314 Å². The molecule has 0 aliphatic rings. The van der Waals surface area contributed by atoms with Crippen molar-refractivity contribution in [1.29, 1.82) is 5.26 Å². The number of nitrogens with zero attached hydrogens (tertiary/aromatic N) is 7. The summed E-state index contributed by atoms with van der Waals surface area (Å²) in [5, 5.41) is 24.6. The summed E-state index contributed by atoms with van der Waals surface area (Å²) >= 11 is 0. The molecule has 0 spiro atoms. The second-order valence-corrected chi connectivity index (χ2v) is 25.0. The number of fused-ring (bicyclic) bond motifs is 18. The highest BCUT2D eigenvalue weighted by atomic mass is 19.4. The number of benzene rings is 14. The van der Waals surface area contributed by atoms with Crippen molar-refractivity contribution in [1.82, 2.24) is 27.4 Å². The summed E-state index contributed by atoms with van der Waals surface area (Å²) < 4.78 is 62.2. The molecule has 0 unspecified atom stereocenters. The molecule has 6 heterocycles. The van der Waals surface area contributed by atoms with E-state index in [9.17, 15) is 5.26 Å². The third kappa shape index (κ3) is 7.59. The van der Waals surface area contributed by atoms with Gasteiger partial charge < -0.3 is 27.4 Å². The Balaban J connectivity index is 0.928. The second-order valence-electron chi connectivity index (χ2n) is 25.0. The van der Waals surface area contributed by atoms with E-state index in [2.05, 4.69) is 276 Å². The Morgan fingerprint density at radius 1 is 0.229 bits per heavy atom. The molecule has 0 atom stereocenters. The van der Waals surface area contributed by atoms with Crippen LogP contribution in [-0.2, 0) is 6.18 Å². The maximum absolute atomic E-state index is 16.3. The van der Waals surface area contributed by atoms with Gasteiger partial charge in [-0.05, 0) is 121 Å². The van der Waals surface area contributed by atoms with Gasteiger partial charge in [-0.25, -0.2) is 0 Å². The molecular weight excluding hydrogens is 1190 g/mol. The zero-order valence-corrected chi connectivity index (χ0v) is 51.1. The van der Waals surface area contributed by atoms with Crippen LogP contribution in [0.5, 0.6) is 0 Å². The summed E-state index contributed by atoms with van der Waals surface area (Å²) in [6.45, 7) is 0. The number of para-hydroxylation sites is 8. The van der Waals surface area contributed by atoms with Crippen LogP contribution in [0.15, 0.2) is 303 Å². The molecule has 6 aromatic heterocycles. The van der Waals surface area contributed by atoms with E-state index in [1.165, 1.54) is 12.1 Å². The minimum absolute atomic E-state index is 0.0319. The quantitative estimate of drug-likeness (QED) is 0.157. The van der Waals surface area contributed by atoms with Crippen molar-refractivity contribution >= 4 is 131 Å². The molecule has 0 saturated heterocycles. The van der Waals surface area contributed by atoms with Gasteiger partial charge in [-0.3, -0.25) is 0 Å². The predicted octanol–water partition coefficient (Wildman–Crippen LogP) is 22.8. The molecule has 450 valence electrons. The van der Waals surface area contributed by atoms with Crippen LogP contribution in [0.2, 0.25) is 0 Å². The van der Waals surface area contributed by atoms with E-state index in [0.29, 0.717) is 11.4 Å². The number of rotatable bonds is 7. The van der Waals surface area contributed by atoms with E-state index in [4.69, 9.17) is 0 Å². The normalized spacial score (nSPS) is 12.3. The lowest BCUT2D eigenvalue weighted by Crippen LogP contribution is -2.09. The van der Waals surface area contributed by atoms with Crippen LogP contribution in [0, 0.1) is 11.3 Å². The van der Waals surface area contributed by atoms with Crippen molar-refractivity contribution in [3.63, 3.8) is 0 Å². The first-order valence-corrected chi connectivity index (χ1v) is 32.1. The van der Waals surface area contributed by atoms with Gasteiger partial charge in [-0.15, -0.1) is 0 Å². The summed E-state index contributed by atoms with van der Waals surface area (Å²) in [5.74, 6) is 0. The summed E-state index contributed by atoms with van der Waals surface area (Å²) in [6, 6.07) is 105. The van der Waals surface area contributed by atoms with Crippen molar-refractivity contribution in [2.45, 2.75) is 6.18 Å². The molecule has 0 N–H and O–H groups in total. The molecule has 0 fully saturated rings. The van der Waals surface area contributed by atoms with E-state index < -0.39 is 11.7 Å². The molecule has 20 aromatic rings. The van der Waals surface area contributed by atoms with Crippen LogP contribution in [-0.4, -0.2) is 27.4 Å². The Hall–Kier alpha value is -12.8. The van der Waals surface area contributed by atoms with Crippen LogP contribution in [0.4, 0.5) is 13.2 Å². The smallest absolute Gasteiger partial charge is 0.309 e. The molecule has 14 aromatic carbocycles. The molecule has 20 rings (SSSR count). The predicted molar refractivity (Wildman–Crippen MR) is 388 cm³/mol. The Bertz CT molecular complexity index is 6240. The largest absolute Gasteiger partial charge is 0.417 e. The van der Waals surface area contributed by atoms with Gasteiger partial charge in [-0.1, -0.05) is 188 Å². The third-order valence-corrected chi connectivity index (χ3v) is 20.1. The fourth-order valence-electron chi connectivity index (χ4n) is 16.1. The minimum Gasteiger partial charge on any atom is -0.309 e. The fourth-order valence-corrected chi connectivity index (χ4v) is 16.1. The third-order valence-electron chi connectivity index (χ3n) is 20.1. The van der Waals surface area contributed by atoms with E-state index in [1.807, 2.05) is 36.4 Å². The molecule has 7 nitrogen and oxygen atoms in total. The lowest BCUT2D eigenvalue weighted by Gasteiger charge is -2.21. The number of nitriles is 1. The van der Waals surface area contributed by atoms with Gasteiger partial charge in [-0.2, -0.15) is 18.4 Å². The van der Waals surface area contributed by atoms with Crippen molar-refractivity contribution in [3.8, 4) is 51.3 Å². The van der Waals surface area contributed by atoms with E-state index in [-0.39, 0.29) is 16.7 Å². The first kappa shape index (κ1) is 53.8. The van der Waals surface area contributed by atoms with Gasteiger partial charge in [0.25, 0.3) is 0 Å². The van der Waals surface area contributed by atoms with Gasteiger partial charge in [0, 0.05) is 92.9 Å². The molecule has 0 aliphatic carbocycles. The Labute approximate surface area is 545 Å². The SMILES string of the molecule is N#Cc1cc(-n2c3cc(-n4c5ccccc5c5ccccc54)ccc3c3ccc(-n4c5ccccc5c5ccccc54)cc32)c(-c2ccccc2C(F)(F)F)cc1-n1c2cc(-n3c4ccccc4c4ccccc43)ccc2c2ccc(-n3c4ccccc4c4ccccc43)cc21. The van der Waals surface area contributed by atoms with Gasteiger partial charge >= 0.3 is 6.18 Å². The summed E-state index contributed by atoms with van der Waals surface area (Å²) in [7, 11) is 0. The maximum atomic E-state index is 16.3. The number of hydrogen-bond donors (Lipinski definition) is 0. The second kappa shape index (κ2) is 20.1. The molecular formula is C86H50F3N7. The van der Waals surface area contributed by atoms with Crippen molar-refractivity contribution in [2.75, 3.05) is 0 Å². The average Bonchev–Trinajstić information content (AvgIpc) is 1.47.